The van der Waals surface area contributed by atoms with E-state index in [0.29, 0.717) is 19.7 Å². The lowest BCUT2D eigenvalue weighted by Crippen LogP contribution is -2.38. The van der Waals surface area contributed by atoms with Crippen LogP contribution < -0.4 is 10.6 Å². The quantitative estimate of drug-likeness (QED) is 0.772. The number of ether oxygens (including phenoxy) is 1. The van der Waals surface area contributed by atoms with Crippen molar-refractivity contribution in [2.45, 2.75) is 11.8 Å². The molecule has 4 nitrogen and oxygen atoms in total. The molecule has 2 rings (SSSR count). The predicted octanol–water partition coefficient (Wildman–Crippen LogP) is 1.33. The zero-order valence-corrected chi connectivity index (χ0v) is 12.0. The van der Waals surface area contributed by atoms with E-state index in [9.17, 15) is 4.79 Å². The van der Waals surface area contributed by atoms with Crippen LogP contribution in [-0.2, 0) is 15.3 Å². The summed E-state index contributed by atoms with van der Waals surface area (Å²) in [5.41, 5.74) is 2.70. The molecule has 5 heteroatoms. The fraction of sp³-hybridized carbons (Fsp3) is 0.500. The Morgan fingerprint density at radius 2 is 2.32 bits per heavy atom. The third-order valence-electron chi connectivity index (χ3n) is 3.11. The van der Waals surface area contributed by atoms with Crippen LogP contribution in [0.15, 0.2) is 24.3 Å². The zero-order chi connectivity index (χ0) is 13.5. The lowest BCUT2D eigenvalue weighted by atomic mass is 10.0. The van der Waals surface area contributed by atoms with Crippen LogP contribution in [0.25, 0.3) is 0 Å². The predicted molar refractivity (Wildman–Crippen MR) is 78.2 cm³/mol. The maximum atomic E-state index is 11.6. The highest BCUT2D eigenvalue weighted by Crippen LogP contribution is 2.31. The van der Waals surface area contributed by atoms with Crippen molar-refractivity contribution in [2.75, 3.05) is 32.6 Å². The van der Waals surface area contributed by atoms with Gasteiger partial charge in [0, 0.05) is 31.2 Å². The Morgan fingerprint density at radius 1 is 1.47 bits per heavy atom. The number of hydrogen-bond acceptors (Lipinski definition) is 4. The molecule has 0 radical (unpaired) electrons. The molecular weight excluding hydrogens is 260 g/mol. The Kier molecular flexibility index (Phi) is 5.69. The summed E-state index contributed by atoms with van der Waals surface area (Å²) in [6.07, 6.45) is 0. The van der Waals surface area contributed by atoms with Gasteiger partial charge in [0.15, 0.2) is 0 Å². The molecule has 0 saturated heterocycles. The Morgan fingerprint density at radius 3 is 3.16 bits per heavy atom. The largest absolute Gasteiger partial charge is 0.383 e. The van der Waals surface area contributed by atoms with Gasteiger partial charge in [-0.25, -0.2) is 0 Å². The number of thioether (sulfide) groups is 1. The van der Waals surface area contributed by atoms with Crippen LogP contribution in [0, 0.1) is 0 Å². The summed E-state index contributed by atoms with van der Waals surface area (Å²) >= 11 is 1.90. The second-order valence-corrected chi connectivity index (χ2v) is 5.52. The Labute approximate surface area is 118 Å². The number of benzene rings is 1. The summed E-state index contributed by atoms with van der Waals surface area (Å²) in [7, 11) is 1.63. The normalized spacial score (nSPS) is 17.8. The third kappa shape index (κ3) is 4.23. The molecular formula is C14H20N2O2S. The van der Waals surface area contributed by atoms with Gasteiger partial charge in [0.05, 0.1) is 13.2 Å². The zero-order valence-electron chi connectivity index (χ0n) is 11.1. The molecule has 0 spiro atoms. The standard InChI is InChI=1S/C14H20N2O2S/c1-18-7-6-15-14(17)8-16-13-10-19-9-11-4-2-3-5-12(11)13/h2-5,13,16H,6-10H2,1H3,(H,15,17). The monoisotopic (exact) mass is 280 g/mol. The van der Waals surface area contributed by atoms with E-state index in [-0.39, 0.29) is 11.9 Å². The second-order valence-electron chi connectivity index (χ2n) is 4.49. The van der Waals surface area contributed by atoms with Gasteiger partial charge in [-0.05, 0) is 11.1 Å². The maximum Gasteiger partial charge on any atom is 0.234 e. The van der Waals surface area contributed by atoms with Crippen LogP contribution in [0.1, 0.15) is 17.2 Å². The first-order valence-corrected chi connectivity index (χ1v) is 7.61. The average molecular weight is 280 g/mol. The third-order valence-corrected chi connectivity index (χ3v) is 4.19. The van der Waals surface area contributed by atoms with Crippen LogP contribution in [0.4, 0.5) is 0 Å². The Hall–Kier alpha value is -1.04. The number of carbonyl (C=O) groups excluding carboxylic acids is 1. The molecule has 1 aromatic rings. The van der Waals surface area contributed by atoms with E-state index in [1.54, 1.807) is 7.11 Å². The minimum absolute atomic E-state index is 0.0186. The van der Waals surface area contributed by atoms with E-state index in [2.05, 4.69) is 34.9 Å². The number of fused-ring (bicyclic) bond motifs is 1. The molecule has 1 aromatic carbocycles. The first-order valence-electron chi connectivity index (χ1n) is 6.46. The molecule has 1 unspecified atom stereocenters. The van der Waals surface area contributed by atoms with Crippen LogP contribution in [0.3, 0.4) is 0 Å². The minimum atomic E-state index is 0.0186. The Balaban J connectivity index is 1.82. The van der Waals surface area contributed by atoms with Crippen molar-refractivity contribution in [3.8, 4) is 0 Å². The highest BCUT2D eigenvalue weighted by molar-refractivity contribution is 7.98. The highest BCUT2D eigenvalue weighted by Gasteiger charge is 2.20. The van der Waals surface area contributed by atoms with Gasteiger partial charge in [0.25, 0.3) is 0 Å². The van der Waals surface area contributed by atoms with Crippen molar-refractivity contribution in [3.63, 3.8) is 0 Å². The van der Waals surface area contributed by atoms with Crippen molar-refractivity contribution in [1.29, 1.82) is 0 Å². The molecule has 0 aliphatic carbocycles. The molecule has 1 amide bonds. The van der Waals surface area contributed by atoms with Gasteiger partial charge in [-0.3, -0.25) is 4.79 Å². The highest BCUT2D eigenvalue weighted by atomic mass is 32.2. The number of hydrogen-bond donors (Lipinski definition) is 2. The van der Waals surface area contributed by atoms with Crippen molar-refractivity contribution in [1.82, 2.24) is 10.6 Å². The van der Waals surface area contributed by atoms with Gasteiger partial charge in [-0.15, -0.1) is 0 Å². The summed E-state index contributed by atoms with van der Waals surface area (Å²) in [4.78, 5) is 11.6. The molecule has 2 N–H and O–H groups in total. The minimum Gasteiger partial charge on any atom is -0.383 e. The number of nitrogens with one attached hydrogen (secondary N) is 2. The average Bonchev–Trinajstić information content (AvgIpc) is 2.45. The van der Waals surface area contributed by atoms with Gasteiger partial charge in [0.1, 0.15) is 0 Å². The molecule has 1 atom stereocenters. The number of methoxy groups -OCH3 is 1. The fourth-order valence-corrected chi connectivity index (χ4v) is 3.26. The summed E-state index contributed by atoms with van der Waals surface area (Å²) in [6.45, 7) is 1.46. The second kappa shape index (κ2) is 7.53. The van der Waals surface area contributed by atoms with Gasteiger partial charge in [-0.2, -0.15) is 11.8 Å². The lowest BCUT2D eigenvalue weighted by molar-refractivity contribution is -0.120. The number of rotatable bonds is 6. The maximum absolute atomic E-state index is 11.6. The molecule has 0 fully saturated rings. The molecule has 0 bridgehead atoms. The summed E-state index contributed by atoms with van der Waals surface area (Å²) < 4.78 is 4.89. The van der Waals surface area contributed by atoms with Gasteiger partial charge in [0.2, 0.25) is 5.91 Å². The molecule has 0 aromatic heterocycles. The van der Waals surface area contributed by atoms with E-state index in [4.69, 9.17) is 4.74 Å². The topological polar surface area (TPSA) is 50.4 Å². The Bertz CT molecular complexity index is 426. The van der Waals surface area contributed by atoms with Crippen molar-refractivity contribution < 1.29 is 9.53 Å². The lowest BCUT2D eigenvalue weighted by Gasteiger charge is -2.25. The van der Waals surface area contributed by atoms with Crippen LogP contribution in [0.5, 0.6) is 0 Å². The molecule has 0 saturated carbocycles. The summed E-state index contributed by atoms with van der Waals surface area (Å²) in [5.74, 6) is 2.10. The first kappa shape index (κ1) is 14.4. The van der Waals surface area contributed by atoms with E-state index in [1.807, 2.05) is 11.8 Å². The molecule has 1 heterocycles. The molecule has 19 heavy (non-hydrogen) atoms. The molecule has 104 valence electrons. The van der Waals surface area contributed by atoms with E-state index >= 15 is 0 Å². The van der Waals surface area contributed by atoms with Gasteiger partial charge < -0.3 is 15.4 Å². The van der Waals surface area contributed by atoms with E-state index in [0.717, 1.165) is 11.5 Å². The van der Waals surface area contributed by atoms with Crippen molar-refractivity contribution >= 4 is 17.7 Å². The fourth-order valence-electron chi connectivity index (χ4n) is 2.12. The van der Waals surface area contributed by atoms with Crippen LogP contribution >= 0.6 is 11.8 Å². The van der Waals surface area contributed by atoms with Crippen LogP contribution in [0.2, 0.25) is 0 Å². The van der Waals surface area contributed by atoms with Crippen LogP contribution in [-0.4, -0.2) is 38.5 Å². The smallest absolute Gasteiger partial charge is 0.234 e. The van der Waals surface area contributed by atoms with E-state index < -0.39 is 0 Å². The van der Waals surface area contributed by atoms with Gasteiger partial charge >= 0.3 is 0 Å². The SMILES string of the molecule is COCCNC(=O)CNC1CSCc2ccccc21. The number of carbonyl (C=O) groups is 1. The van der Waals surface area contributed by atoms with Crippen molar-refractivity contribution in [2.24, 2.45) is 0 Å². The first-order chi connectivity index (χ1) is 9.31. The summed E-state index contributed by atoms with van der Waals surface area (Å²) in [5, 5.41) is 6.14. The van der Waals surface area contributed by atoms with Gasteiger partial charge in [-0.1, -0.05) is 24.3 Å². The molecule has 1 aliphatic heterocycles. The summed E-state index contributed by atoms with van der Waals surface area (Å²) in [6, 6.07) is 8.70. The number of amides is 1. The molecule has 1 aliphatic rings. The van der Waals surface area contributed by atoms with E-state index in [1.165, 1.54) is 11.1 Å². The van der Waals surface area contributed by atoms with Crippen molar-refractivity contribution in [3.05, 3.63) is 35.4 Å².